The van der Waals surface area contributed by atoms with Gasteiger partial charge in [0.05, 0.1) is 17.2 Å². The van der Waals surface area contributed by atoms with E-state index < -0.39 is 0 Å². The number of likely N-dealkylation sites (tertiary alicyclic amines) is 1. The predicted molar refractivity (Wildman–Crippen MR) is 153 cm³/mol. The van der Waals surface area contributed by atoms with Crippen molar-refractivity contribution in [2.24, 2.45) is 0 Å². The van der Waals surface area contributed by atoms with Crippen molar-refractivity contribution in [2.45, 2.75) is 38.4 Å². The fourth-order valence-corrected chi connectivity index (χ4v) is 5.96. The lowest BCUT2D eigenvalue weighted by Gasteiger charge is -2.36. The number of fused-ring (bicyclic) bond motifs is 1. The summed E-state index contributed by atoms with van der Waals surface area (Å²) in [7, 11) is 2.06. The number of hydrogen-bond acceptors (Lipinski definition) is 8. The normalized spacial score (nSPS) is 16.4. The van der Waals surface area contributed by atoms with Gasteiger partial charge in [-0.15, -0.1) is 11.3 Å². The first-order valence-corrected chi connectivity index (χ1v) is 14.5. The number of hydrogen-bond donors (Lipinski definition) is 0. The zero-order valence-electron chi connectivity index (χ0n) is 22.5. The zero-order valence-corrected chi connectivity index (χ0v) is 23.3. The van der Waals surface area contributed by atoms with Gasteiger partial charge in [-0.2, -0.15) is 0 Å². The van der Waals surface area contributed by atoms with Crippen LogP contribution in [0.4, 0.5) is 0 Å². The number of carbonyl (C=O) groups is 1. The molecule has 4 heterocycles. The average Bonchev–Trinajstić information content (AvgIpc) is 3.68. The van der Waals surface area contributed by atoms with Crippen LogP contribution >= 0.6 is 11.3 Å². The molecular formula is C31H32N4O4S. The molecule has 0 radical (unpaired) electrons. The first kappa shape index (κ1) is 26.3. The van der Waals surface area contributed by atoms with Crippen molar-refractivity contribution in [3.05, 3.63) is 88.6 Å². The maximum atomic E-state index is 13.4. The van der Waals surface area contributed by atoms with E-state index >= 15 is 0 Å². The fraction of sp³-hybridized carbons (Fsp3) is 0.323. The molecule has 0 N–H and O–H groups in total. The van der Waals surface area contributed by atoms with Gasteiger partial charge in [0.15, 0.2) is 18.1 Å². The molecule has 0 saturated carbocycles. The Hall–Kier alpha value is -3.95. The molecule has 206 valence electrons. The number of pyridine rings is 1. The average molecular weight is 557 g/mol. The predicted octanol–water partition coefficient (Wildman–Crippen LogP) is 5.70. The van der Waals surface area contributed by atoms with Crippen LogP contribution in [0, 0.1) is 0 Å². The lowest BCUT2D eigenvalue weighted by atomic mass is 9.96. The van der Waals surface area contributed by atoms with Gasteiger partial charge in [-0.1, -0.05) is 18.2 Å². The van der Waals surface area contributed by atoms with Crippen LogP contribution in [0.1, 0.15) is 42.1 Å². The molecule has 2 aromatic carbocycles. The minimum atomic E-state index is -0.0110. The SMILES string of the molecule is CN(Cc1cscn1)Cc1cc(-c2ccc3c(c2)OCO3)ccc1OCC(=O)N1CCCCC1c1cccnc1. The Morgan fingerprint density at radius 2 is 1.98 bits per heavy atom. The summed E-state index contributed by atoms with van der Waals surface area (Å²) in [6.07, 6.45) is 6.67. The highest BCUT2D eigenvalue weighted by Gasteiger charge is 2.28. The number of nitrogens with zero attached hydrogens (tertiary/aromatic N) is 4. The summed E-state index contributed by atoms with van der Waals surface area (Å²) in [4.78, 5) is 26.3. The van der Waals surface area contributed by atoms with Gasteiger partial charge in [0.2, 0.25) is 6.79 Å². The largest absolute Gasteiger partial charge is 0.483 e. The molecule has 1 saturated heterocycles. The van der Waals surface area contributed by atoms with Gasteiger partial charge in [0.1, 0.15) is 5.75 Å². The Balaban J connectivity index is 1.22. The maximum absolute atomic E-state index is 13.4. The van der Waals surface area contributed by atoms with Crippen molar-refractivity contribution in [3.8, 4) is 28.4 Å². The summed E-state index contributed by atoms with van der Waals surface area (Å²) in [5.74, 6) is 2.20. The van der Waals surface area contributed by atoms with Crippen LogP contribution in [-0.4, -0.2) is 52.7 Å². The Labute approximate surface area is 238 Å². The van der Waals surface area contributed by atoms with E-state index in [0.717, 1.165) is 71.8 Å². The number of amides is 1. The van der Waals surface area contributed by atoms with Crippen LogP contribution in [0.3, 0.4) is 0 Å². The Kier molecular flexibility index (Phi) is 7.92. The molecular weight excluding hydrogens is 524 g/mol. The topological polar surface area (TPSA) is 77.0 Å². The van der Waals surface area contributed by atoms with Crippen LogP contribution in [0.15, 0.2) is 71.8 Å². The number of thiazole rings is 1. The van der Waals surface area contributed by atoms with Crippen LogP contribution in [-0.2, 0) is 17.9 Å². The molecule has 1 unspecified atom stereocenters. The summed E-state index contributed by atoms with van der Waals surface area (Å²) in [6.45, 7) is 2.32. The second kappa shape index (κ2) is 12.1. The highest BCUT2D eigenvalue weighted by Crippen LogP contribution is 2.37. The summed E-state index contributed by atoms with van der Waals surface area (Å²) in [5, 5.41) is 2.06. The Bertz CT molecular complexity index is 1450. The molecule has 9 heteroatoms. The number of benzene rings is 2. The van der Waals surface area contributed by atoms with Crippen LogP contribution in [0.2, 0.25) is 0 Å². The van der Waals surface area contributed by atoms with Gasteiger partial charge in [-0.25, -0.2) is 4.98 Å². The van der Waals surface area contributed by atoms with E-state index in [1.54, 1.807) is 17.5 Å². The number of rotatable bonds is 9. The van der Waals surface area contributed by atoms with E-state index in [4.69, 9.17) is 14.2 Å². The van der Waals surface area contributed by atoms with Crippen molar-refractivity contribution in [3.63, 3.8) is 0 Å². The van der Waals surface area contributed by atoms with Crippen molar-refractivity contribution in [1.29, 1.82) is 0 Å². The van der Waals surface area contributed by atoms with Crippen LogP contribution in [0.5, 0.6) is 17.2 Å². The minimum Gasteiger partial charge on any atom is -0.483 e. The van der Waals surface area contributed by atoms with E-state index in [1.165, 1.54) is 0 Å². The van der Waals surface area contributed by atoms with Gasteiger partial charge in [-0.3, -0.25) is 14.7 Å². The third kappa shape index (κ3) is 5.95. The van der Waals surface area contributed by atoms with E-state index in [1.807, 2.05) is 53.0 Å². The van der Waals surface area contributed by atoms with Gasteiger partial charge >= 0.3 is 0 Å². The smallest absolute Gasteiger partial charge is 0.261 e. The molecule has 8 nitrogen and oxygen atoms in total. The molecule has 2 aliphatic rings. The number of aromatic nitrogens is 2. The molecule has 1 fully saturated rings. The lowest BCUT2D eigenvalue weighted by molar-refractivity contribution is -0.137. The van der Waals surface area contributed by atoms with Gasteiger partial charge in [-0.05, 0) is 73.3 Å². The molecule has 6 rings (SSSR count). The summed E-state index contributed by atoms with van der Waals surface area (Å²) >= 11 is 1.59. The monoisotopic (exact) mass is 556 g/mol. The molecule has 2 aromatic heterocycles. The lowest BCUT2D eigenvalue weighted by Crippen LogP contribution is -2.41. The standard InChI is InChI=1S/C31H32N4O4S/c1-34(17-26-19-40-20-33-26)16-25-13-22(23-8-10-29-30(14-23)39-21-38-29)7-9-28(25)37-18-31(36)35-12-3-2-6-27(35)24-5-4-11-32-15-24/h4-5,7-11,13-15,19-20,27H,2-3,6,12,16-18,21H2,1H3. The first-order chi connectivity index (χ1) is 19.6. The molecule has 4 aromatic rings. The van der Waals surface area contributed by atoms with Crippen molar-refractivity contribution < 1.29 is 19.0 Å². The van der Waals surface area contributed by atoms with Gasteiger partial charge in [0.25, 0.3) is 5.91 Å². The number of piperidine rings is 1. The van der Waals surface area contributed by atoms with Crippen LogP contribution < -0.4 is 14.2 Å². The van der Waals surface area contributed by atoms with Gasteiger partial charge < -0.3 is 19.1 Å². The van der Waals surface area contributed by atoms with Crippen molar-refractivity contribution in [2.75, 3.05) is 27.0 Å². The fourth-order valence-electron chi connectivity index (χ4n) is 5.41. The third-order valence-corrected chi connectivity index (χ3v) is 8.00. The van der Waals surface area contributed by atoms with E-state index in [2.05, 4.69) is 39.4 Å². The number of carbonyl (C=O) groups excluding carboxylic acids is 1. The molecule has 1 atom stereocenters. The molecule has 2 aliphatic heterocycles. The summed E-state index contributed by atoms with van der Waals surface area (Å²) in [5.41, 5.74) is 7.03. The molecule has 0 bridgehead atoms. The minimum absolute atomic E-state index is 0.00446. The molecule has 40 heavy (non-hydrogen) atoms. The molecule has 0 spiro atoms. The summed E-state index contributed by atoms with van der Waals surface area (Å²) in [6, 6.07) is 16.1. The summed E-state index contributed by atoms with van der Waals surface area (Å²) < 4.78 is 17.3. The van der Waals surface area contributed by atoms with Crippen molar-refractivity contribution >= 4 is 17.2 Å². The zero-order chi connectivity index (χ0) is 27.3. The quantitative estimate of drug-likeness (QED) is 0.262. The van der Waals surface area contributed by atoms with Gasteiger partial charge in [0, 0.05) is 43.0 Å². The second-order valence-electron chi connectivity index (χ2n) is 10.2. The molecule has 0 aliphatic carbocycles. The Morgan fingerprint density at radius 1 is 1.10 bits per heavy atom. The third-order valence-electron chi connectivity index (χ3n) is 7.37. The Morgan fingerprint density at radius 3 is 2.83 bits per heavy atom. The highest BCUT2D eigenvalue weighted by molar-refractivity contribution is 7.07. The highest BCUT2D eigenvalue weighted by atomic mass is 32.1. The maximum Gasteiger partial charge on any atom is 0.261 e. The second-order valence-corrected chi connectivity index (χ2v) is 10.9. The molecule has 1 amide bonds. The van der Waals surface area contributed by atoms with E-state index in [0.29, 0.717) is 12.3 Å². The van der Waals surface area contributed by atoms with Crippen LogP contribution in [0.25, 0.3) is 11.1 Å². The van der Waals surface area contributed by atoms with Crippen molar-refractivity contribution in [1.82, 2.24) is 19.8 Å². The number of ether oxygens (including phenoxy) is 3. The first-order valence-electron chi connectivity index (χ1n) is 13.5. The van der Waals surface area contributed by atoms with E-state index in [9.17, 15) is 4.79 Å². The van der Waals surface area contributed by atoms with E-state index in [-0.39, 0.29) is 25.3 Å².